The van der Waals surface area contributed by atoms with E-state index in [-0.39, 0.29) is 24.5 Å². The molecule has 0 spiro atoms. The second kappa shape index (κ2) is 12.0. The minimum Gasteiger partial charge on any atom is -0.491 e. The van der Waals surface area contributed by atoms with E-state index >= 15 is 0 Å². The molecule has 1 heterocycles. The van der Waals surface area contributed by atoms with Crippen molar-refractivity contribution in [3.05, 3.63) is 54.1 Å². The molecule has 1 aliphatic heterocycles. The Balaban J connectivity index is 1.42. The topological polar surface area (TPSA) is 88.7 Å². The molecule has 7 nitrogen and oxygen atoms in total. The second-order valence-electron chi connectivity index (χ2n) is 7.56. The monoisotopic (exact) mass is 425 g/mol. The Morgan fingerprint density at radius 1 is 1.13 bits per heavy atom. The van der Waals surface area contributed by atoms with Gasteiger partial charge in [-0.3, -0.25) is 9.59 Å². The number of carbonyl (C=O) groups is 2. The quantitative estimate of drug-likeness (QED) is 0.476. The van der Waals surface area contributed by atoms with E-state index in [2.05, 4.69) is 22.9 Å². The zero-order valence-electron chi connectivity index (χ0n) is 18.0. The van der Waals surface area contributed by atoms with E-state index in [1.165, 1.54) is 0 Å². The maximum Gasteiger partial charge on any atom is 0.251 e. The van der Waals surface area contributed by atoms with E-state index in [4.69, 9.17) is 9.47 Å². The van der Waals surface area contributed by atoms with E-state index < -0.39 is 0 Å². The summed E-state index contributed by atoms with van der Waals surface area (Å²) in [5, 5.41) is 8.82. The summed E-state index contributed by atoms with van der Waals surface area (Å²) in [6.45, 7) is 4.19. The normalized spacial score (nSPS) is 15.3. The lowest BCUT2D eigenvalue weighted by Gasteiger charge is -2.13. The lowest BCUT2D eigenvalue weighted by Crippen LogP contribution is -2.24. The number of nitrogens with one attached hydrogen (secondary N) is 3. The van der Waals surface area contributed by atoms with Gasteiger partial charge in [0, 0.05) is 36.2 Å². The van der Waals surface area contributed by atoms with Crippen LogP contribution in [0.2, 0.25) is 0 Å². The summed E-state index contributed by atoms with van der Waals surface area (Å²) >= 11 is 0. The first-order chi connectivity index (χ1) is 15.1. The Morgan fingerprint density at radius 2 is 1.97 bits per heavy atom. The first kappa shape index (κ1) is 22.6. The molecule has 1 unspecified atom stereocenters. The molecular formula is C24H31N3O4. The average molecular weight is 426 g/mol. The molecule has 0 radical (unpaired) electrons. The molecule has 2 aromatic carbocycles. The molecule has 3 rings (SSSR count). The average Bonchev–Trinajstić information content (AvgIpc) is 3.31. The van der Waals surface area contributed by atoms with Gasteiger partial charge >= 0.3 is 0 Å². The molecule has 1 atom stereocenters. The number of unbranched alkanes of at least 4 members (excludes halogenated alkanes) is 1. The van der Waals surface area contributed by atoms with E-state index in [0.29, 0.717) is 30.2 Å². The number of ether oxygens (including phenoxy) is 2. The summed E-state index contributed by atoms with van der Waals surface area (Å²) in [4.78, 5) is 24.3. The standard InChI is InChI=1S/C24H31N3O4/c1-2-3-13-25-24(29)18-9-11-19(12-10-18)26-16-23(28)27-20-6-4-7-21(15-20)31-17-22-8-5-14-30-22/h4,6-7,9-12,15,22,26H,2-3,5,8,13-14,16-17H2,1H3,(H,25,29)(H,27,28). The maximum atomic E-state index is 12.3. The van der Waals surface area contributed by atoms with Crippen LogP contribution in [0.3, 0.4) is 0 Å². The third-order valence-corrected chi connectivity index (χ3v) is 4.99. The summed E-state index contributed by atoms with van der Waals surface area (Å²) < 4.78 is 11.3. The van der Waals surface area contributed by atoms with Crippen molar-refractivity contribution in [1.82, 2.24) is 5.32 Å². The number of amides is 2. The molecule has 1 fully saturated rings. The van der Waals surface area contributed by atoms with Crippen molar-refractivity contribution < 1.29 is 19.1 Å². The molecule has 0 aromatic heterocycles. The summed E-state index contributed by atoms with van der Waals surface area (Å²) in [7, 11) is 0. The molecule has 0 aliphatic carbocycles. The summed E-state index contributed by atoms with van der Waals surface area (Å²) in [5.74, 6) is 0.450. The molecule has 166 valence electrons. The summed E-state index contributed by atoms with van der Waals surface area (Å²) in [5.41, 5.74) is 2.05. The predicted molar refractivity (Wildman–Crippen MR) is 122 cm³/mol. The number of hydrogen-bond acceptors (Lipinski definition) is 5. The van der Waals surface area contributed by atoms with Crippen molar-refractivity contribution in [2.24, 2.45) is 0 Å². The SMILES string of the molecule is CCCCNC(=O)c1ccc(NCC(=O)Nc2cccc(OCC3CCCO3)c2)cc1. The highest BCUT2D eigenvalue weighted by atomic mass is 16.5. The van der Waals surface area contributed by atoms with E-state index in [1.807, 2.05) is 18.2 Å². The van der Waals surface area contributed by atoms with Crippen LogP contribution in [0.1, 0.15) is 43.0 Å². The van der Waals surface area contributed by atoms with Crippen LogP contribution in [0, 0.1) is 0 Å². The Labute approximate surface area is 183 Å². The van der Waals surface area contributed by atoms with Crippen LogP contribution < -0.4 is 20.7 Å². The van der Waals surface area contributed by atoms with Gasteiger partial charge in [-0.15, -0.1) is 0 Å². The third kappa shape index (κ3) is 7.61. The number of rotatable bonds is 11. The van der Waals surface area contributed by atoms with Gasteiger partial charge in [0.25, 0.3) is 5.91 Å². The molecule has 2 aromatic rings. The number of benzene rings is 2. The van der Waals surface area contributed by atoms with Gasteiger partial charge in [0.2, 0.25) is 5.91 Å². The van der Waals surface area contributed by atoms with Crippen LogP contribution in [0.15, 0.2) is 48.5 Å². The van der Waals surface area contributed by atoms with Crippen molar-refractivity contribution in [3.8, 4) is 5.75 Å². The van der Waals surface area contributed by atoms with Crippen LogP contribution in [0.5, 0.6) is 5.75 Å². The summed E-state index contributed by atoms with van der Waals surface area (Å²) in [6, 6.07) is 14.4. The minimum atomic E-state index is -0.169. The summed E-state index contributed by atoms with van der Waals surface area (Å²) in [6.07, 6.45) is 4.25. The lowest BCUT2D eigenvalue weighted by molar-refractivity contribution is -0.114. The van der Waals surface area contributed by atoms with Gasteiger partial charge in [-0.05, 0) is 55.7 Å². The number of hydrogen-bond donors (Lipinski definition) is 3. The Hall–Kier alpha value is -3.06. The van der Waals surface area contributed by atoms with Crippen LogP contribution >= 0.6 is 0 Å². The van der Waals surface area contributed by atoms with Crippen molar-refractivity contribution >= 4 is 23.2 Å². The minimum absolute atomic E-state index is 0.0839. The van der Waals surface area contributed by atoms with Gasteiger partial charge in [-0.1, -0.05) is 19.4 Å². The maximum absolute atomic E-state index is 12.3. The van der Waals surface area contributed by atoms with E-state index in [9.17, 15) is 9.59 Å². The Morgan fingerprint density at radius 3 is 2.71 bits per heavy atom. The van der Waals surface area contributed by atoms with Gasteiger partial charge in [-0.2, -0.15) is 0 Å². The first-order valence-electron chi connectivity index (χ1n) is 10.9. The molecule has 0 saturated carbocycles. The zero-order valence-corrected chi connectivity index (χ0v) is 18.0. The van der Waals surface area contributed by atoms with E-state index in [1.54, 1.807) is 30.3 Å². The van der Waals surface area contributed by atoms with Crippen LogP contribution in [0.25, 0.3) is 0 Å². The number of anilines is 2. The van der Waals surface area contributed by atoms with Gasteiger partial charge in [-0.25, -0.2) is 0 Å². The molecule has 0 bridgehead atoms. The van der Waals surface area contributed by atoms with Gasteiger partial charge in [0.05, 0.1) is 12.6 Å². The highest BCUT2D eigenvalue weighted by molar-refractivity contribution is 5.95. The Bertz CT molecular complexity index is 848. The molecule has 1 saturated heterocycles. The van der Waals surface area contributed by atoms with Gasteiger partial charge in [0.15, 0.2) is 0 Å². The molecule has 31 heavy (non-hydrogen) atoms. The third-order valence-electron chi connectivity index (χ3n) is 4.99. The lowest BCUT2D eigenvalue weighted by atomic mass is 10.2. The van der Waals surface area contributed by atoms with Crippen LogP contribution in [-0.4, -0.2) is 44.2 Å². The van der Waals surface area contributed by atoms with Crippen LogP contribution in [-0.2, 0) is 9.53 Å². The largest absolute Gasteiger partial charge is 0.491 e. The van der Waals surface area contributed by atoms with Gasteiger partial charge in [0.1, 0.15) is 12.4 Å². The highest BCUT2D eigenvalue weighted by Gasteiger charge is 2.16. The fourth-order valence-corrected chi connectivity index (χ4v) is 3.24. The van der Waals surface area contributed by atoms with Crippen molar-refractivity contribution in [2.45, 2.75) is 38.7 Å². The van der Waals surface area contributed by atoms with Gasteiger partial charge < -0.3 is 25.4 Å². The van der Waals surface area contributed by atoms with Crippen LogP contribution in [0.4, 0.5) is 11.4 Å². The molecule has 1 aliphatic rings. The molecule has 2 amide bonds. The molecule has 3 N–H and O–H groups in total. The van der Waals surface area contributed by atoms with Crippen molar-refractivity contribution in [2.75, 3.05) is 36.9 Å². The molecule has 7 heteroatoms. The fourth-order valence-electron chi connectivity index (χ4n) is 3.24. The first-order valence-corrected chi connectivity index (χ1v) is 10.9. The Kier molecular flexibility index (Phi) is 8.72. The van der Waals surface area contributed by atoms with Crippen molar-refractivity contribution in [1.29, 1.82) is 0 Å². The molecular weight excluding hydrogens is 394 g/mol. The number of carbonyl (C=O) groups excluding carboxylic acids is 2. The van der Waals surface area contributed by atoms with Crippen molar-refractivity contribution in [3.63, 3.8) is 0 Å². The predicted octanol–water partition coefficient (Wildman–Crippen LogP) is 3.82. The second-order valence-corrected chi connectivity index (χ2v) is 7.56. The smallest absolute Gasteiger partial charge is 0.251 e. The fraction of sp³-hybridized carbons (Fsp3) is 0.417. The highest BCUT2D eigenvalue weighted by Crippen LogP contribution is 2.20. The zero-order chi connectivity index (χ0) is 21.9. The van der Waals surface area contributed by atoms with E-state index in [0.717, 1.165) is 38.0 Å².